The van der Waals surface area contributed by atoms with Gasteiger partial charge in [-0.05, 0) is 48.7 Å². The molecule has 176 valence electrons. The minimum absolute atomic E-state index is 0.110. The van der Waals surface area contributed by atoms with Gasteiger partial charge >= 0.3 is 6.03 Å². The predicted molar refractivity (Wildman–Crippen MR) is 122 cm³/mol. The van der Waals surface area contributed by atoms with Crippen molar-refractivity contribution in [3.8, 4) is 5.75 Å². The Balaban J connectivity index is 1.53. The van der Waals surface area contributed by atoms with E-state index in [9.17, 15) is 18.8 Å². The van der Waals surface area contributed by atoms with Crippen molar-refractivity contribution < 1.29 is 23.5 Å². The van der Waals surface area contributed by atoms with Gasteiger partial charge in [0.1, 0.15) is 17.6 Å². The molecule has 2 aromatic rings. The van der Waals surface area contributed by atoms with Gasteiger partial charge in [-0.2, -0.15) is 0 Å². The van der Waals surface area contributed by atoms with Gasteiger partial charge in [-0.15, -0.1) is 0 Å². The molecule has 0 saturated carbocycles. The van der Waals surface area contributed by atoms with E-state index in [4.69, 9.17) is 4.74 Å². The lowest BCUT2D eigenvalue weighted by atomic mass is 10.0. The Labute approximate surface area is 192 Å². The molecule has 3 rings (SSSR count). The molecule has 1 saturated heterocycles. The lowest BCUT2D eigenvalue weighted by Crippen LogP contribution is -2.53. The van der Waals surface area contributed by atoms with Gasteiger partial charge in [0.2, 0.25) is 11.8 Å². The number of ether oxygens (including phenoxy) is 1. The van der Waals surface area contributed by atoms with Crippen LogP contribution in [-0.2, 0) is 16.0 Å². The lowest BCUT2D eigenvalue weighted by Gasteiger charge is -2.33. The van der Waals surface area contributed by atoms with E-state index in [0.29, 0.717) is 43.8 Å². The van der Waals surface area contributed by atoms with E-state index in [1.165, 1.54) is 31.2 Å². The second-order valence-corrected chi connectivity index (χ2v) is 7.98. The Morgan fingerprint density at radius 2 is 1.76 bits per heavy atom. The van der Waals surface area contributed by atoms with Gasteiger partial charge in [-0.1, -0.05) is 18.2 Å². The summed E-state index contributed by atoms with van der Waals surface area (Å²) >= 11 is 0. The molecule has 8 nitrogen and oxygen atoms in total. The molecule has 3 N–H and O–H groups in total. The Morgan fingerprint density at radius 1 is 1.09 bits per heavy atom. The van der Waals surface area contributed by atoms with Crippen LogP contribution >= 0.6 is 0 Å². The summed E-state index contributed by atoms with van der Waals surface area (Å²) in [5.41, 5.74) is 1.34. The maximum absolute atomic E-state index is 13.0. The van der Waals surface area contributed by atoms with Crippen LogP contribution in [0.15, 0.2) is 48.5 Å². The van der Waals surface area contributed by atoms with Gasteiger partial charge in [-0.25, -0.2) is 9.18 Å². The fourth-order valence-electron chi connectivity index (χ4n) is 3.81. The van der Waals surface area contributed by atoms with E-state index in [-0.39, 0.29) is 29.7 Å². The highest BCUT2D eigenvalue weighted by Crippen LogP contribution is 2.20. The normalized spacial score (nSPS) is 14.8. The summed E-state index contributed by atoms with van der Waals surface area (Å²) in [7, 11) is 1.56. The van der Waals surface area contributed by atoms with Gasteiger partial charge in [0.25, 0.3) is 0 Å². The highest BCUT2D eigenvalue weighted by molar-refractivity contribution is 5.89. The molecule has 0 spiro atoms. The minimum atomic E-state index is -0.737. The number of likely N-dealkylation sites (tertiary alicyclic amines) is 1. The monoisotopic (exact) mass is 456 g/mol. The summed E-state index contributed by atoms with van der Waals surface area (Å²) in [6.07, 6.45) is 1.47. The fourth-order valence-corrected chi connectivity index (χ4v) is 3.81. The first-order valence-corrected chi connectivity index (χ1v) is 10.9. The highest BCUT2D eigenvalue weighted by Gasteiger charge is 2.27. The van der Waals surface area contributed by atoms with Crippen molar-refractivity contribution in [2.75, 3.05) is 25.5 Å². The quantitative estimate of drug-likeness (QED) is 0.597. The first-order valence-electron chi connectivity index (χ1n) is 10.9. The van der Waals surface area contributed by atoms with Crippen molar-refractivity contribution in [2.45, 2.75) is 38.3 Å². The van der Waals surface area contributed by atoms with Gasteiger partial charge < -0.3 is 25.6 Å². The molecule has 1 heterocycles. The number of amides is 4. The smallest absolute Gasteiger partial charge is 0.321 e. The Morgan fingerprint density at radius 3 is 2.39 bits per heavy atom. The summed E-state index contributed by atoms with van der Waals surface area (Å²) in [4.78, 5) is 38.7. The number of hydrogen-bond donors (Lipinski definition) is 3. The van der Waals surface area contributed by atoms with Gasteiger partial charge in [0.05, 0.1) is 7.11 Å². The number of piperidine rings is 1. The van der Waals surface area contributed by atoms with E-state index in [2.05, 4.69) is 16.0 Å². The number of benzene rings is 2. The molecule has 2 aromatic carbocycles. The van der Waals surface area contributed by atoms with E-state index < -0.39 is 6.04 Å². The summed E-state index contributed by atoms with van der Waals surface area (Å²) in [6.45, 7) is 2.31. The number of carbonyl (C=O) groups excluding carboxylic acids is 3. The molecule has 4 amide bonds. The number of urea groups is 1. The van der Waals surface area contributed by atoms with Crippen molar-refractivity contribution in [1.29, 1.82) is 0 Å². The van der Waals surface area contributed by atoms with E-state index in [1.807, 2.05) is 24.3 Å². The van der Waals surface area contributed by atoms with E-state index in [0.717, 1.165) is 5.56 Å². The number of carbonyl (C=O) groups is 3. The molecule has 1 atom stereocenters. The molecule has 9 heteroatoms. The largest absolute Gasteiger partial charge is 0.496 e. The number of rotatable bonds is 7. The van der Waals surface area contributed by atoms with Crippen LogP contribution in [0, 0.1) is 5.82 Å². The van der Waals surface area contributed by atoms with Gasteiger partial charge in [0.15, 0.2) is 0 Å². The molecule has 0 radical (unpaired) electrons. The van der Waals surface area contributed by atoms with E-state index >= 15 is 0 Å². The average molecular weight is 457 g/mol. The first-order chi connectivity index (χ1) is 15.9. The number of nitrogens with zero attached hydrogens (tertiary/aromatic N) is 1. The van der Waals surface area contributed by atoms with Crippen LogP contribution in [0.2, 0.25) is 0 Å². The summed E-state index contributed by atoms with van der Waals surface area (Å²) in [5, 5.41) is 8.47. The van der Waals surface area contributed by atoms with Gasteiger partial charge in [-0.3, -0.25) is 9.59 Å². The zero-order valence-corrected chi connectivity index (χ0v) is 18.8. The van der Waals surface area contributed by atoms with Gasteiger partial charge in [0, 0.05) is 38.2 Å². The second kappa shape index (κ2) is 11.3. The topological polar surface area (TPSA) is 99.8 Å². The van der Waals surface area contributed by atoms with Crippen LogP contribution < -0.4 is 20.7 Å². The molecule has 0 aliphatic carbocycles. The van der Waals surface area contributed by atoms with Crippen molar-refractivity contribution in [2.24, 2.45) is 0 Å². The Kier molecular flexibility index (Phi) is 8.23. The maximum Gasteiger partial charge on any atom is 0.321 e. The molecular formula is C24H29FN4O4. The number of methoxy groups -OCH3 is 1. The molecule has 0 unspecified atom stereocenters. The molecule has 0 aromatic heterocycles. The number of para-hydroxylation sites is 1. The van der Waals surface area contributed by atoms with E-state index in [1.54, 1.807) is 12.0 Å². The molecular weight excluding hydrogens is 427 g/mol. The maximum atomic E-state index is 13.0. The Bertz CT molecular complexity index is 975. The number of hydrogen-bond acceptors (Lipinski definition) is 4. The SMILES string of the molecule is COc1ccccc1C[C@H](NC(C)=O)C(=O)NC1CCN(C(=O)Nc2ccc(F)cc2)CC1. The second-order valence-electron chi connectivity index (χ2n) is 7.98. The fraction of sp³-hybridized carbons (Fsp3) is 0.375. The number of nitrogens with one attached hydrogen (secondary N) is 3. The highest BCUT2D eigenvalue weighted by atomic mass is 19.1. The van der Waals surface area contributed by atoms with Crippen molar-refractivity contribution in [3.63, 3.8) is 0 Å². The van der Waals surface area contributed by atoms with Crippen molar-refractivity contribution in [3.05, 3.63) is 59.9 Å². The third kappa shape index (κ3) is 6.93. The van der Waals surface area contributed by atoms with Crippen LogP contribution in [0.1, 0.15) is 25.3 Å². The van der Waals surface area contributed by atoms with Crippen molar-refractivity contribution >= 4 is 23.5 Å². The third-order valence-electron chi connectivity index (χ3n) is 5.53. The molecule has 33 heavy (non-hydrogen) atoms. The summed E-state index contributed by atoms with van der Waals surface area (Å²) in [5.74, 6) is -0.281. The van der Waals surface area contributed by atoms with Crippen LogP contribution in [0.4, 0.5) is 14.9 Å². The number of anilines is 1. The molecule has 1 aliphatic rings. The number of halogens is 1. The van der Waals surface area contributed by atoms with Crippen LogP contribution in [0.3, 0.4) is 0 Å². The molecule has 1 fully saturated rings. The molecule has 0 bridgehead atoms. The summed E-state index contributed by atoms with van der Waals surface area (Å²) in [6, 6.07) is 11.8. The standard InChI is InChI=1S/C24H29FN4O4/c1-16(30)26-21(15-17-5-3-4-6-22(17)33-2)23(31)27-20-11-13-29(14-12-20)24(32)28-19-9-7-18(25)8-10-19/h3-10,20-21H,11-15H2,1-2H3,(H,26,30)(H,27,31)(H,28,32)/t21-/m0/s1. The third-order valence-corrected chi connectivity index (χ3v) is 5.53. The minimum Gasteiger partial charge on any atom is -0.496 e. The summed E-state index contributed by atoms with van der Waals surface area (Å²) < 4.78 is 18.4. The zero-order valence-electron chi connectivity index (χ0n) is 18.8. The Hall–Kier alpha value is -3.62. The van der Waals surface area contributed by atoms with Crippen LogP contribution in [-0.4, -0.2) is 55.0 Å². The first kappa shape index (κ1) is 24.0. The lowest BCUT2D eigenvalue weighted by molar-refractivity contribution is -0.128. The molecule has 1 aliphatic heterocycles. The van der Waals surface area contributed by atoms with Crippen LogP contribution in [0.25, 0.3) is 0 Å². The predicted octanol–water partition coefficient (Wildman–Crippen LogP) is 2.69. The van der Waals surface area contributed by atoms with Crippen molar-refractivity contribution in [1.82, 2.24) is 15.5 Å². The zero-order chi connectivity index (χ0) is 23.8. The van der Waals surface area contributed by atoms with Crippen LogP contribution in [0.5, 0.6) is 5.75 Å². The average Bonchev–Trinajstić information content (AvgIpc) is 2.80.